The number of halogens is 2. The Labute approximate surface area is 114 Å². The lowest BCUT2D eigenvalue weighted by Gasteiger charge is -2.03. The molecule has 0 saturated heterocycles. The van der Waals surface area contributed by atoms with E-state index in [0.717, 1.165) is 15.3 Å². The van der Waals surface area contributed by atoms with Crippen molar-refractivity contribution < 1.29 is 4.79 Å². The zero-order valence-electron chi connectivity index (χ0n) is 9.17. The maximum atomic E-state index is 12.0. The number of hydrogen-bond donors (Lipinski definition) is 0. The first-order chi connectivity index (χ1) is 8.06. The van der Waals surface area contributed by atoms with Gasteiger partial charge in [-0.15, -0.1) is 11.3 Å². The predicted molar refractivity (Wildman–Crippen MR) is 73.6 cm³/mol. The lowest BCUT2D eigenvalue weighted by atomic mass is 10.1. The number of benzene rings is 1. The van der Waals surface area contributed by atoms with Crippen molar-refractivity contribution in [1.29, 1.82) is 0 Å². The van der Waals surface area contributed by atoms with Gasteiger partial charge in [0.15, 0.2) is 5.78 Å². The summed E-state index contributed by atoms with van der Waals surface area (Å²) in [6.45, 7) is 1.98. The molecule has 2 rings (SSSR count). The summed E-state index contributed by atoms with van der Waals surface area (Å²) in [5.41, 5.74) is 0.773. The van der Waals surface area contributed by atoms with Gasteiger partial charge >= 0.3 is 0 Å². The van der Waals surface area contributed by atoms with Crippen LogP contribution in [0.4, 0.5) is 0 Å². The van der Waals surface area contributed by atoms with Crippen LogP contribution in [0.1, 0.15) is 20.1 Å². The lowest BCUT2D eigenvalue weighted by Crippen LogP contribution is -2.01. The Bertz CT molecular complexity index is 560. The van der Waals surface area contributed by atoms with Gasteiger partial charge in [-0.3, -0.25) is 4.79 Å². The van der Waals surface area contributed by atoms with Gasteiger partial charge in [-0.2, -0.15) is 0 Å². The van der Waals surface area contributed by atoms with E-state index in [1.165, 1.54) is 11.3 Å². The topological polar surface area (TPSA) is 17.1 Å². The molecule has 0 unspecified atom stereocenters. The molecule has 0 aliphatic carbocycles. The zero-order valence-corrected chi connectivity index (χ0v) is 11.5. The maximum Gasteiger partial charge on any atom is 0.177 e. The molecule has 17 heavy (non-hydrogen) atoms. The number of thiophene rings is 1. The molecule has 1 heterocycles. The first-order valence-corrected chi connectivity index (χ1v) is 6.67. The van der Waals surface area contributed by atoms with Gasteiger partial charge in [-0.1, -0.05) is 23.2 Å². The molecule has 0 spiro atoms. The highest BCUT2D eigenvalue weighted by atomic mass is 35.5. The minimum atomic E-state index is 0.0762. The van der Waals surface area contributed by atoms with Crippen LogP contribution in [0.25, 0.3) is 0 Å². The van der Waals surface area contributed by atoms with Gasteiger partial charge in [0.1, 0.15) is 0 Å². The number of Topliss-reactive ketones (excluding diaryl/α,β-unsaturated/α-hetero) is 1. The third kappa shape index (κ3) is 3.09. The smallest absolute Gasteiger partial charge is 0.177 e. The van der Waals surface area contributed by atoms with Crippen LogP contribution in [-0.2, 0) is 6.42 Å². The molecule has 0 saturated carbocycles. The second-order valence-corrected chi connectivity index (χ2v) is 5.88. The van der Waals surface area contributed by atoms with Crippen LogP contribution < -0.4 is 0 Å². The highest BCUT2D eigenvalue weighted by Crippen LogP contribution is 2.24. The number of hydrogen-bond acceptors (Lipinski definition) is 2. The molecule has 4 heteroatoms. The zero-order chi connectivity index (χ0) is 12.4. The monoisotopic (exact) mass is 284 g/mol. The second kappa shape index (κ2) is 5.21. The quantitative estimate of drug-likeness (QED) is 0.741. The summed E-state index contributed by atoms with van der Waals surface area (Å²) >= 11 is 13.4. The molecule has 0 bridgehead atoms. The van der Waals surface area contributed by atoms with Crippen LogP contribution in [0.3, 0.4) is 0 Å². The second-order valence-electron chi connectivity index (χ2n) is 3.75. The molecule has 0 fully saturated rings. The fourth-order valence-electron chi connectivity index (χ4n) is 1.52. The van der Waals surface area contributed by atoms with Gasteiger partial charge in [0.05, 0.1) is 4.88 Å². The predicted octanol–water partition coefficient (Wildman–Crippen LogP) is 4.79. The fraction of sp³-hybridized carbons (Fsp3) is 0.154. The van der Waals surface area contributed by atoms with E-state index in [1.807, 2.05) is 19.1 Å². The van der Waals surface area contributed by atoms with E-state index in [4.69, 9.17) is 23.2 Å². The molecule has 0 aliphatic rings. The van der Waals surface area contributed by atoms with Gasteiger partial charge in [-0.05, 0) is 42.8 Å². The van der Waals surface area contributed by atoms with Gasteiger partial charge in [0.2, 0.25) is 0 Å². The molecule has 0 N–H and O–H groups in total. The Hall–Kier alpha value is -0.830. The van der Waals surface area contributed by atoms with Crippen LogP contribution in [0.15, 0.2) is 30.3 Å². The standard InChI is InChI=1S/C13H10Cl2OS/c1-8-2-5-13(17-8)12(16)7-9-6-10(14)3-4-11(9)15/h2-6H,7H2,1H3. The highest BCUT2D eigenvalue weighted by Gasteiger charge is 2.11. The summed E-state index contributed by atoms with van der Waals surface area (Å²) in [5, 5.41) is 1.18. The normalized spacial score (nSPS) is 10.5. The Morgan fingerprint density at radius 3 is 2.65 bits per heavy atom. The number of ketones is 1. The number of rotatable bonds is 3. The van der Waals surface area contributed by atoms with Crippen molar-refractivity contribution in [2.24, 2.45) is 0 Å². The Morgan fingerprint density at radius 1 is 1.24 bits per heavy atom. The minimum absolute atomic E-state index is 0.0762. The molecule has 0 amide bonds. The number of carbonyl (C=O) groups excluding carboxylic acids is 1. The van der Waals surface area contributed by atoms with Gasteiger partial charge in [0, 0.05) is 21.3 Å². The summed E-state index contributed by atoms with van der Waals surface area (Å²) in [5.74, 6) is 0.0762. The van der Waals surface area contributed by atoms with Crippen molar-refractivity contribution in [1.82, 2.24) is 0 Å². The Morgan fingerprint density at radius 2 is 2.00 bits per heavy atom. The van der Waals surface area contributed by atoms with Gasteiger partial charge in [-0.25, -0.2) is 0 Å². The molecule has 0 atom stereocenters. The molecule has 88 valence electrons. The first kappa shape index (κ1) is 12.6. The van der Waals surface area contributed by atoms with Crippen molar-refractivity contribution in [3.63, 3.8) is 0 Å². The maximum absolute atomic E-state index is 12.0. The first-order valence-electron chi connectivity index (χ1n) is 5.10. The van der Waals surface area contributed by atoms with E-state index in [2.05, 4.69) is 0 Å². The van der Waals surface area contributed by atoms with E-state index in [-0.39, 0.29) is 5.78 Å². The lowest BCUT2D eigenvalue weighted by molar-refractivity contribution is 0.0997. The molecule has 0 radical (unpaired) electrons. The summed E-state index contributed by atoms with van der Waals surface area (Å²) in [7, 11) is 0. The van der Waals surface area contributed by atoms with Crippen molar-refractivity contribution in [3.8, 4) is 0 Å². The summed E-state index contributed by atoms with van der Waals surface area (Å²) in [6, 6.07) is 8.96. The molecule has 1 nitrogen and oxygen atoms in total. The molecular formula is C13H10Cl2OS. The van der Waals surface area contributed by atoms with Crippen LogP contribution in [0.5, 0.6) is 0 Å². The van der Waals surface area contributed by atoms with E-state index in [1.54, 1.807) is 18.2 Å². The van der Waals surface area contributed by atoms with Crippen molar-refractivity contribution in [2.45, 2.75) is 13.3 Å². The van der Waals surface area contributed by atoms with Crippen molar-refractivity contribution >= 4 is 40.3 Å². The van der Waals surface area contributed by atoms with Gasteiger partial charge < -0.3 is 0 Å². The average Bonchev–Trinajstić information content (AvgIpc) is 2.70. The fourth-order valence-corrected chi connectivity index (χ4v) is 2.71. The minimum Gasteiger partial charge on any atom is -0.293 e. The Kier molecular flexibility index (Phi) is 3.87. The number of aryl methyl sites for hydroxylation is 1. The number of carbonyl (C=O) groups is 1. The molecule has 1 aromatic carbocycles. The summed E-state index contributed by atoms with van der Waals surface area (Å²) in [4.78, 5) is 13.9. The SMILES string of the molecule is Cc1ccc(C(=O)Cc2cc(Cl)ccc2Cl)s1. The Balaban J connectivity index is 2.21. The highest BCUT2D eigenvalue weighted by molar-refractivity contribution is 7.14. The van der Waals surface area contributed by atoms with E-state index < -0.39 is 0 Å². The van der Waals surface area contributed by atoms with E-state index in [0.29, 0.717) is 16.5 Å². The summed E-state index contributed by atoms with van der Waals surface area (Å²) < 4.78 is 0. The van der Waals surface area contributed by atoms with Crippen LogP contribution in [-0.4, -0.2) is 5.78 Å². The average molecular weight is 285 g/mol. The van der Waals surface area contributed by atoms with E-state index in [9.17, 15) is 4.79 Å². The molecule has 2 aromatic rings. The molecule has 0 aliphatic heterocycles. The third-order valence-electron chi connectivity index (χ3n) is 2.37. The van der Waals surface area contributed by atoms with Crippen molar-refractivity contribution in [2.75, 3.05) is 0 Å². The largest absolute Gasteiger partial charge is 0.293 e. The van der Waals surface area contributed by atoms with Crippen LogP contribution in [0, 0.1) is 6.92 Å². The summed E-state index contributed by atoms with van der Waals surface area (Å²) in [6.07, 6.45) is 0.291. The van der Waals surface area contributed by atoms with Crippen molar-refractivity contribution in [3.05, 3.63) is 55.7 Å². The van der Waals surface area contributed by atoms with Crippen LogP contribution >= 0.6 is 34.5 Å². The molecular weight excluding hydrogens is 275 g/mol. The van der Waals surface area contributed by atoms with Gasteiger partial charge in [0.25, 0.3) is 0 Å². The molecule has 1 aromatic heterocycles. The third-order valence-corrected chi connectivity index (χ3v) is 4.02. The van der Waals surface area contributed by atoms with Crippen LogP contribution in [0.2, 0.25) is 10.0 Å². The van der Waals surface area contributed by atoms with E-state index >= 15 is 0 Å².